The highest BCUT2D eigenvalue weighted by atomic mass is 79.9. The average molecular weight is 319 g/mol. The highest BCUT2D eigenvalue weighted by Gasteiger charge is 2.17. The molecule has 0 aliphatic rings. The molecule has 0 saturated heterocycles. The van der Waals surface area contributed by atoms with Gasteiger partial charge in [-0.25, -0.2) is 4.39 Å². The van der Waals surface area contributed by atoms with Crippen molar-refractivity contribution < 1.29 is 9.13 Å². The van der Waals surface area contributed by atoms with Crippen molar-refractivity contribution in [1.29, 1.82) is 0 Å². The summed E-state index contributed by atoms with van der Waals surface area (Å²) in [4.78, 5) is 2.16. The van der Waals surface area contributed by atoms with E-state index in [-0.39, 0.29) is 11.9 Å². The molecule has 102 valence electrons. The molecular weight excluding hydrogens is 299 g/mol. The van der Waals surface area contributed by atoms with Crippen LogP contribution in [0.2, 0.25) is 0 Å². The third kappa shape index (κ3) is 4.31. The zero-order valence-electron chi connectivity index (χ0n) is 10.8. The summed E-state index contributed by atoms with van der Waals surface area (Å²) in [6.07, 6.45) is 0.947. The minimum absolute atomic E-state index is 0.0804. The summed E-state index contributed by atoms with van der Waals surface area (Å²) in [6, 6.07) is 4.80. The van der Waals surface area contributed by atoms with Crippen molar-refractivity contribution in [2.75, 3.05) is 33.9 Å². The van der Waals surface area contributed by atoms with Gasteiger partial charge in [0.25, 0.3) is 0 Å². The number of hydrogen-bond acceptors (Lipinski definition) is 3. The Kier molecular flexibility index (Phi) is 6.78. The van der Waals surface area contributed by atoms with Crippen LogP contribution in [0.15, 0.2) is 22.7 Å². The van der Waals surface area contributed by atoms with E-state index in [9.17, 15) is 4.39 Å². The van der Waals surface area contributed by atoms with Gasteiger partial charge >= 0.3 is 0 Å². The number of benzene rings is 1. The van der Waals surface area contributed by atoms with Crippen LogP contribution < -0.4 is 5.73 Å². The van der Waals surface area contributed by atoms with Crippen LogP contribution in [0.3, 0.4) is 0 Å². The third-order valence-corrected chi connectivity index (χ3v) is 3.62. The van der Waals surface area contributed by atoms with E-state index < -0.39 is 0 Å². The lowest BCUT2D eigenvalue weighted by atomic mass is 10.1. The summed E-state index contributed by atoms with van der Waals surface area (Å²) in [6.45, 7) is 2.11. The second-order valence-electron chi connectivity index (χ2n) is 4.24. The van der Waals surface area contributed by atoms with Gasteiger partial charge < -0.3 is 10.5 Å². The van der Waals surface area contributed by atoms with Crippen molar-refractivity contribution in [3.05, 3.63) is 34.1 Å². The topological polar surface area (TPSA) is 38.5 Å². The van der Waals surface area contributed by atoms with Crippen molar-refractivity contribution in [2.24, 2.45) is 5.73 Å². The van der Waals surface area contributed by atoms with Crippen molar-refractivity contribution in [1.82, 2.24) is 4.90 Å². The molecule has 0 radical (unpaired) electrons. The van der Waals surface area contributed by atoms with Crippen LogP contribution in [0.4, 0.5) is 4.39 Å². The van der Waals surface area contributed by atoms with Crippen molar-refractivity contribution in [3.63, 3.8) is 0 Å². The first kappa shape index (κ1) is 15.6. The molecule has 3 nitrogen and oxygen atoms in total. The van der Waals surface area contributed by atoms with E-state index in [1.165, 1.54) is 12.1 Å². The summed E-state index contributed by atoms with van der Waals surface area (Å²) < 4.78 is 18.9. The molecule has 18 heavy (non-hydrogen) atoms. The quantitative estimate of drug-likeness (QED) is 0.785. The minimum atomic E-state index is -0.247. The molecule has 0 spiro atoms. The summed E-state index contributed by atoms with van der Waals surface area (Å²) in [5.41, 5.74) is 6.84. The van der Waals surface area contributed by atoms with Gasteiger partial charge in [-0.1, -0.05) is 22.0 Å². The molecule has 5 heteroatoms. The van der Waals surface area contributed by atoms with E-state index in [4.69, 9.17) is 10.5 Å². The lowest BCUT2D eigenvalue weighted by Crippen LogP contribution is -2.32. The van der Waals surface area contributed by atoms with E-state index in [0.717, 1.165) is 29.6 Å². The number of ether oxygens (including phenoxy) is 1. The van der Waals surface area contributed by atoms with E-state index in [1.807, 2.05) is 7.05 Å². The van der Waals surface area contributed by atoms with Crippen LogP contribution in [0.1, 0.15) is 18.0 Å². The Labute approximate surface area is 116 Å². The standard InChI is InChI=1S/C13H20BrFN2O/c1-17(6-3-7-18-2)13(9-16)11-5-4-10(15)8-12(11)14/h4-5,8,13H,3,6-7,9,16H2,1-2H3. The second-order valence-corrected chi connectivity index (χ2v) is 5.10. The van der Waals surface area contributed by atoms with Gasteiger partial charge in [0.05, 0.1) is 0 Å². The maximum absolute atomic E-state index is 13.1. The number of hydrogen-bond donors (Lipinski definition) is 1. The van der Waals surface area contributed by atoms with Crippen LogP contribution in [0.5, 0.6) is 0 Å². The lowest BCUT2D eigenvalue weighted by molar-refractivity contribution is 0.166. The van der Waals surface area contributed by atoms with Crippen molar-refractivity contribution in [3.8, 4) is 0 Å². The summed E-state index contributed by atoms with van der Waals surface area (Å²) >= 11 is 3.39. The molecule has 0 heterocycles. The van der Waals surface area contributed by atoms with Gasteiger partial charge in [-0.3, -0.25) is 4.90 Å². The van der Waals surface area contributed by atoms with E-state index in [0.29, 0.717) is 6.54 Å². The first-order valence-corrected chi connectivity index (χ1v) is 6.73. The molecular formula is C13H20BrFN2O. The number of nitrogens with two attached hydrogens (primary N) is 1. The number of rotatable bonds is 7. The van der Waals surface area contributed by atoms with Gasteiger partial charge in [0.2, 0.25) is 0 Å². The molecule has 0 aliphatic carbocycles. The molecule has 1 rings (SSSR count). The lowest BCUT2D eigenvalue weighted by Gasteiger charge is -2.28. The third-order valence-electron chi connectivity index (χ3n) is 2.94. The molecule has 0 aliphatic heterocycles. The molecule has 0 aromatic heterocycles. The predicted molar refractivity (Wildman–Crippen MR) is 75.0 cm³/mol. The fourth-order valence-corrected chi connectivity index (χ4v) is 2.55. The molecule has 1 aromatic carbocycles. The zero-order valence-corrected chi connectivity index (χ0v) is 12.4. The summed E-state index contributed by atoms with van der Waals surface area (Å²) in [5, 5.41) is 0. The maximum Gasteiger partial charge on any atom is 0.124 e. The van der Waals surface area contributed by atoms with Gasteiger partial charge in [-0.2, -0.15) is 0 Å². The number of halogens is 2. The van der Waals surface area contributed by atoms with E-state index >= 15 is 0 Å². The van der Waals surface area contributed by atoms with Gasteiger partial charge in [-0.05, 0) is 31.2 Å². The van der Waals surface area contributed by atoms with Gasteiger partial charge in [0.15, 0.2) is 0 Å². The molecule has 0 bridgehead atoms. The van der Waals surface area contributed by atoms with Crippen LogP contribution in [-0.2, 0) is 4.74 Å². The van der Waals surface area contributed by atoms with Crippen LogP contribution in [-0.4, -0.2) is 38.8 Å². The van der Waals surface area contributed by atoms with E-state index in [1.54, 1.807) is 13.2 Å². The fraction of sp³-hybridized carbons (Fsp3) is 0.538. The molecule has 0 amide bonds. The van der Waals surface area contributed by atoms with Crippen LogP contribution in [0.25, 0.3) is 0 Å². The van der Waals surface area contributed by atoms with Gasteiger partial charge in [0.1, 0.15) is 5.82 Å². The maximum atomic E-state index is 13.1. The Balaban J connectivity index is 2.75. The monoisotopic (exact) mass is 318 g/mol. The van der Waals surface area contributed by atoms with Gasteiger partial charge in [-0.15, -0.1) is 0 Å². The van der Waals surface area contributed by atoms with Gasteiger partial charge in [0, 0.05) is 37.3 Å². The summed E-state index contributed by atoms with van der Waals surface area (Å²) in [5.74, 6) is -0.247. The van der Waals surface area contributed by atoms with Crippen LogP contribution >= 0.6 is 15.9 Å². The molecule has 1 aromatic rings. The first-order valence-electron chi connectivity index (χ1n) is 5.94. The molecule has 0 fully saturated rings. The fourth-order valence-electron chi connectivity index (χ4n) is 1.93. The Morgan fingerprint density at radius 2 is 2.22 bits per heavy atom. The smallest absolute Gasteiger partial charge is 0.124 e. The normalized spacial score (nSPS) is 13.0. The number of likely N-dealkylation sites (N-methyl/N-ethyl adjacent to an activating group) is 1. The highest BCUT2D eigenvalue weighted by Crippen LogP contribution is 2.27. The Morgan fingerprint density at radius 1 is 1.50 bits per heavy atom. The Hall–Kier alpha value is -0.490. The number of methoxy groups -OCH3 is 1. The highest BCUT2D eigenvalue weighted by molar-refractivity contribution is 9.10. The second kappa shape index (κ2) is 7.84. The Bertz CT molecular complexity index is 376. The van der Waals surface area contributed by atoms with Crippen molar-refractivity contribution >= 4 is 15.9 Å². The van der Waals surface area contributed by atoms with E-state index in [2.05, 4.69) is 20.8 Å². The molecule has 1 atom stereocenters. The average Bonchev–Trinajstić information content (AvgIpc) is 2.33. The largest absolute Gasteiger partial charge is 0.385 e. The Morgan fingerprint density at radius 3 is 2.78 bits per heavy atom. The predicted octanol–water partition coefficient (Wildman–Crippen LogP) is 2.56. The minimum Gasteiger partial charge on any atom is -0.385 e. The SMILES string of the molecule is COCCCN(C)C(CN)c1ccc(F)cc1Br. The molecule has 0 saturated carbocycles. The zero-order chi connectivity index (χ0) is 13.5. The molecule has 1 unspecified atom stereocenters. The first-order chi connectivity index (χ1) is 8.60. The van der Waals surface area contributed by atoms with Crippen LogP contribution in [0, 0.1) is 5.82 Å². The van der Waals surface area contributed by atoms with Crippen molar-refractivity contribution in [2.45, 2.75) is 12.5 Å². The number of nitrogens with zero attached hydrogens (tertiary/aromatic N) is 1. The summed E-state index contributed by atoms with van der Waals surface area (Å²) in [7, 11) is 3.71. The molecule has 2 N–H and O–H groups in total.